The van der Waals surface area contributed by atoms with E-state index in [1.54, 1.807) is 7.11 Å². The first-order chi connectivity index (χ1) is 11.1. The molecule has 0 heterocycles. The van der Waals surface area contributed by atoms with Crippen LogP contribution in [0.5, 0.6) is 5.75 Å². The second-order valence-electron chi connectivity index (χ2n) is 5.65. The van der Waals surface area contributed by atoms with Gasteiger partial charge in [0.15, 0.2) is 0 Å². The average Bonchev–Trinajstić information content (AvgIpc) is 2.55. The molecule has 1 aromatic carbocycles. The van der Waals surface area contributed by atoms with Crippen molar-refractivity contribution in [3.63, 3.8) is 0 Å². The van der Waals surface area contributed by atoms with Crippen LogP contribution in [0.2, 0.25) is 0 Å². The number of hydrogen-bond donors (Lipinski definition) is 1. The molecule has 130 valence electrons. The highest BCUT2D eigenvalue weighted by Crippen LogP contribution is 2.22. The van der Waals surface area contributed by atoms with E-state index in [1.165, 1.54) is 0 Å². The minimum Gasteiger partial charge on any atom is -0.491 e. The summed E-state index contributed by atoms with van der Waals surface area (Å²) >= 11 is 0. The van der Waals surface area contributed by atoms with Gasteiger partial charge in [-0.1, -0.05) is 20.3 Å². The first-order valence-electron chi connectivity index (χ1n) is 8.23. The zero-order valence-corrected chi connectivity index (χ0v) is 14.7. The van der Waals surface area contributed by atoms with Gasteiger partial charge >= 0.3 is 0 Å². The van der Waals surface area contributed by atoms with E-state index < -0.39 is 5.60 Å². The number of ether oxygens (including phenoxy) is 3. The molecule has 23 heavy (non-hydrogen) atoms. The predicted molar refractivity (Wildman–Crippen MR) is 92.0 cm³/mol. The molecule has 1 amide bonds. The Labute approximate surface area is 139 Å². The van der Waals surface area contributed by atoms with E-state index in [-0.39, 0.29) is 5.91 Å². The van der Waals surface area contributed by atoms with Gasteiger partial charge in [0.2, 0.25) is 0 Å². The van der Waals surface area contributed by atoms with Crippen molar-refractivity contribution in [3.8, 4) is 5.75 Å². The Balaban J connectivity index is 2.63. The maximum Gasteiger partial charge on any atom is 0.256 e. The maximum atomic E-state index is 12.5. The van der Waals surface area contributed by atoms with Gasteiger partial charge in [0, 0.05) is 19.4 Å². The van der Waals surface area contributed by atoms with Crippen LogP contribution < -0.4 is 10.1 Å². The molecule has 0 fully saturated rings. The summed E-state index contributed by atoms with van der Waals surface area (Å²) < 4.78 is 16.2. The number of anilines is 1. The molecule has 1 rings (SSSR count). The van der Waals surface area contributed by atoms with Crippen molar-refractivity contribution in [1.29, 1.82) is 0 Å². The molecule has 0 spiro atoms. The second kappa shape index (κ2) is 10.2. The third-order valence-corrected chi connectivity index (χ3v) is 3.50. The van der Waals surface area contributed by atoms with E-state index in [2.05, 4.69) is 5.32 Å². The van der Waals surface area contributed by atoms with Gasteiger partial charge in [0.05, 0.1) is 6.61 Å². The molecule has 0 radical (unpaired) electrons. The highest BCUT2D eigenvalue weighted by atomic mass is 16.5. The third kappa shape index (κ3) is 6.59. The fourth-order valence-corrected chi connectivity index (χ4v) is 2.20. The highest BCUT2D eigenvalue weighted by Gasteiger charge is 2.33. The molecule has 0 saturated carbocycles. The number of amides is 1. The summed E-state index contributed by atoms with van der Waals surface area (Å²) in [5.41, 5.74) is -0.0604. The lowest BCUT2D eigenvalue weighted by Gasteiger charge is -2.28. The van der Waals surface area contributed by atoms with Crippen LogP contribution in [0, 0.1) is 0 Å². The van der Waals surface area contributed by atoms with Crippen molar-refractivity contribution in [2.75, 3.05) is 32.2 Å². The van der Waals surface area contributed by atoms with Crippen LogP contribution in [0.3, 0.4) is 0 Å². The van der Waals surface area contributed by atoms with Gasteiger partial charge in [-0.3, -0.25) is 4.79 Å². The molecule has 0 unspecified atom stereocenters. The average molecular weight is 323 g/mol. The lowest BCUT2D eigenvalue weighted by atomic mass is 9.99. The van der Waals surface area contributed by atoms with E-state index in [1.807, 2.05) is 45.0 Å². The van der Waals surface area contributed by atoms with E-state index in [0.717, 1.165) is 24.3 Å². The number of nitrogens with one attached hydrogen (secondary N) is 1. The first-order valence-corrected chi connectivity index (χ1v) is 8.23. The van der Waals surface area contributed by atoms with Crippen LogP contribution in [-0.2, 0) is 14.3 Å². The van der Waals surface area contributed by atoms with Gasteiger partial charge in [0.1, 0.15) is 18.0 Å². The SMILES string of the molecule is CCCO[C@](C)(CCC)C(=O)Nc1ccc(OCCOC)cc1. The Hall–Kier alpha value is -1.59. The first kappa shape index (κ1) is 19.5. The van der Waals surface area contributed by atoms with Crippen LogP contribution in [0.15, 0.2) is 24.3 Å². The van der Waals surface area contributed by atoms with Crippen LogP contribution >= 0.6 is 0 Å². The van der Waals surface area contributed by atoms with Gasteiger partial charge in [0.25, 0.3) is 5.91 Å². The van der Waals surface area contributed by atoms with Crippen molar-refractivity contribution in [2.45, 2.75) is 45.6 Å². The zero-order valence-electron chi connectivity index (χ0n) is 14.7. The minimum atomic E-state index is -0.793. The third-order valence-electron chi connectivity index (χ3n) is 3.50. The molecule has 5 heteroatoms. The van der Waals surface area contributed by atoms with Crippen molar-refractivity contribution in [1.82, 2.24) is 0 Å². The normalized spacial score (nSPS) is 13.4. The summed E-state index contributed by atoms with van der Waals surface area (Å²) in [5.74, 6) is 0.638. The Morgan fingerprint density at radius 3 is 2.35 bits per heavy atom. The Morgan fingerprint density at radius 2 is 1.78 bits per heavy atom. The molecule has 5 nitrogen and oxygen atoms in total. The van der Waals surface area contributed by atoms with Crippen LogP contribution in [0.1, 0.15) is 40.0 Å². The molecule has 0 saturated heterocycles. The van der Waals surface area contributed by atoms with E-state index in [4.69, 9.17) is 14.2 Å². The molecule has 0 aliphatic rings. The summed E-state index contributed by atoms with van der Waals surface area (Å²) in [6.45, 7) is 7.56. The Bertz CT molecular complexity index is 461. The number of rotatable bonds is 11. The number of methoxy groups -OCH3 is 1. The van der Waals surface area contributed by atoms with E-state index >= 15 is 0 Å². The van der Waals surface area contributed by atoms with Gasteiger partial charge in [-0.25, -0.2) is 0 Å². The standard InChI is InChI=1S/C18H29NO4/c1-5-11-18(3,23-12-6-2)17(20)19-15-7-9-16(10-8-15)22-14-13-21-4/h7-10H,5-6,11-14H2,1-4H3,(H,19,20)/t18-/m1/s1. The molecular formula is C18H29NO4. The maximum absolute atomic E-state index is 12.5. The highest BCUT2D eigenvalue weighted by molar-refractivity contribution is 5.97. The topological polar surface area (TPSA) is 56.8 Å². The van der Waals surface area contributed by atoms with Gasteiger partial charge < -0.3 is 19.5 Å². The second-order valence-corrected chi connectivity index (χ2v) is 5.65. The number of carbonyl (C=O) groups is 1. The number of carbonyl (C=O) groups excluding carboxylic acids is 1. The summed E-state index contributed by atoms with van der Waals surface area (Å²) in [7, 11) is 1.63. The predicted octanol–water partition coefficient (Wildman–Crippen LogP) is 3.64. The summed E-state index contributed by atoms with van der Waals surface area (Å²) in [5, 5.41) is 2.93. The fourth-order valence-electron chi connectivity index (χ4n) is 2.20. The quantitative estimate of drug-likeness (QED) is 0.632. The minimum absolute atomic E-state index is 0.110. The van der Waals surface area contributed by atoms with E-state index in [0.29, 0.717) is 26.2 Å². The molecule has 1 N–H and O–H groups in total. The van der Waals surface area contributed by atoms with Crippen molar-refractivity contribution in [3.05, 3.63) is 24.3 Å². The van der Waals surface area contributed by atoms with E-state index in [9.17, 15) is 4.79 Å². The molecule has 0 bridgehead atoms. The number of hydrogen-bond acceptors (Lipinski definition) is 4. The Kier molecular flexibility index (Phi) is 8.66. The zero-order chi connectivity index (χ0) is 17.1. The summed E-state index contributed by atoms with van der Waals surface area (Å²) in [6.07, 6.45) is 2.47. The van der Waals surface area contributed by atoms with Crippen molar-refractivity contribution in [2.24, 2.45) is 0 Å². The van der Waals surface area contributed by atoms with Crippen molar-refractivity contribution >= 4 is 11.6 Å². The molecule has 1 atom stereocenters. The summed E-state index contributed by atoms with van der Waals surface area (Å²) in [4.78, 5) is 12.5. The smallest absolute Gasteiger partial charge is 0.256 e. The lowest BCUT2D eigenvalue weighted by Crippen LogP contribution is -2.43. The van der Waals surface area contributed by atoms with Crippen LogP contribution in [-0.4, -0.2) is 38.4 Å². The van der Waals surface area contributed by atoms with Crippen LogP contribution in [0.25, 0.3) is 0 Å². The van der Waals surface area contributed by atoms with Crippen molar-refractivity contribution < 1.29 is 19.0 Å². The largest absolute Gasteiger partial charge is 0.491 e. The molecule has 0 aromatic heterocycles. The number of benzene rings is 1. The molecule has 1 aromatic rings. The van der Waals surface area contributed by atoms with Gasteiger partial charge in [-0.15, -0.1) is 0 Å². The van der Waals surface area contributed by atoms with Gasteiger partial charge in [-0.05, 0) is 44.0 Å². The Morgan fingerprint density at radius 1 is 1.09 bits per heavy atom. The molecule has 0 aliphatic heterocycles. The van der Waals surface area contributed by atoms with Crippen LogP contribution in [0.4, 0.5) is 5.69 Å². The monoisotopic (exact) mass is 323 g/mol. The molecule has 0 aliphatic carbocycles. The van der Waals surface area contributed by atoms with Gasteiger partial charge in [-0.2, -0.15) is 0 Å². The lowest BCUT2D eigenvalue weighted by molar-refractivity contribution is -0.140. The summed E-state index contributed by atoms with van der Waals surface area (Å²) in [6, 6.07) is 7.31. The molecular weight excluding hydrogens is 294 g/mol. The fraction of sp³-hybridized carbons (Fsp3) is 0.611.